The van der Waals surface area contributed by atoms with E-state index in [1.165, 1.54) is 0 Å². The van der Waals surface area contributed by atoms with Crippen LogP contribution < -0.4 is 0 Å². The van der Waals surface area contributed by atoms with Crippen molar-refractivity contribution >= 4 is 16.8 Å². The second kappa shape index (κ2) is 5.54. The van der Waals surface area contributed by atoms with E-state index in [4.69, 9.17) is 9.68 Å². The number of aromatic nitrogens is 4. The van der Waals surface area contributed by atoms with Crippen molar-refractivity contribution in [1.29, 1.82) is 5.26 Å². The van der Waals surface area contributed by atoms with E-state index in [1.807, 2.05) is 30.3 Å². The first kappa shape index (κ1) is 13.0. The van der Waals surface area contributed by atoms with Crippen LogP contribution in [-0.2, 0) is 12.8 Å². The molecule has 7 heteroatoms. The number of para-hydroxylation sites is 2. The number of fused-ring (bicyclic) bond motifs is 1. The molecule has 0 spiro atoms. The van der Waals surface area contributed by atoms with E-state index in [-0.39, 0.29) is 24.5 Å². The van der Waals surface area contributed by atoms with E-state index < -0.39 is 0 Å². The molecule has 3 rings (SSSR count). The highest BCUT2D eigenvalue weighted by molar-refractivity contribution is 5.95. The summed E-state index contributed by atoms with van der Waals surface area (Å²) in [5.74, 6) is 0.826. The summed E-state index contributed by atoms with van der Waals surface area (Å²) in [6.45, 7) is 0. The maximum absolute atomic E-state index is 12.1. The van der Waals surface area contributed by atoms with Gasteiger partial charge in [0, 0.05) is 12.8 Å². The monoisotopic (exact) mass is 281 g/mol. The van der Waals surface area contributed by atoms with Crippen molar-refractivity contribution in [3.05, 3.63) is 41.9 Å². The Hall–Kier alpha value is -3.01. The lowest BCUT2D eigenvalue weighted by atomic mass is 10.2. The van der Waals surface area contributed by atoms with Crippen molar-refractivity contribution in [3.8, 4) is 6.07 Å². The zero-order valence-electron chi connectivity index (χ0n) is 11.0. The highest BCUT2D eigenvalue weighted by Gasteiger charge is 2.13. The van der Waals surface area contributed by atoms with Crippen LogP contribution in [0.25, 0.3) is 11.0 Å². The number of hydrogen-bond acceptors (Lipinski definition) is 6. The summed E-state index contributed by atoms with van der Waals surface area (Å²) in [5, 5.41) is 16.0. The van der Waals surface area contributed by atoms with Gasteiger partial charge in [0.2, 0.25) is 11.8 Å². The van der Waals surface area contributed by atoms with E-state index in [1.54, 1.807) is 0 Å². The number of H-pyrrole nitrogens is 1. The molecule has 0 saturated carbocycles. The van der Waals surface area contributed by atoms with Crippen molar-refractivity contribution in [3.63, 3.8) is 0 Å². The Bertz CT molecular complexity index is 794. The van der Waals surface area contributed by atoms with Gasteiger partial charge in [-0.25, -0.2) is 4.98 Å². The molecule has 0 saturated heterocycles. The molecular formula is C14H11N5O2. The predicted molar refractivity (Wildman–Crippen MR) is 72.4 cm³/mol. The van der Waals surface area contributed by atoms with Crippen LogP contribution >= 0.6 is 0 Å². The van der Waals surface area contributed by atoms with Gasteiger partial charge < -0.3 is 9.40 Å². The Labute approximate surface area is 119 Å². The maximum Gasteiger partial charge on any atom is 0.230 e. The topological polar surface area (TPSA) is 108 Å². The molecule has 1 N–H and O–H groups in total. The largest absolute Gasteiger partial charge is 0.424 e. The van der Waals surface area contributed by atoms with E-state index in [0.29, 0.717) is 18.1 Å². The van der Waals surface area contributed by atoms with Gasteiger partial charge in [0.15, 0.2) is 11.6 Å². The minimum atomic E-state index is -0.119. The molecule has 0 aliphatic heterocycles. The zero-order valence-corrected chi connectivity index (χ0v) is 11.0. The molecule has 0 atom stereocenters. The first-order chi connectivity index (χ1) is 10.3. The van der Waals surface area contributed by atoms with Crippen molar-refractivity contribution in [2.24, 2.45) is 0 Å². The number of Topliss-reactive ketones (excluding diaryl/α,β-unsaturated/α-hetero) is 1. The summed E-state index contributed by atoms with van der Waals surface area (Å²) in [6.07, 6.45) is 0.618. The number of nitriles is 1. The summed E-state index contributed by atoms with van der Waals surface area (Å²) in [4.78, 5) is 19.3. The summed E-state index contributed by atoms with van der Waals surface area (Å²) < 4.78 is 5.24. The number of rotatable bonds is 5. The molecule has 3 aromatic rings. The molecule has 0 aliphatic rings. The number of nitrogens with one attached hydrogen (secondary N) is 1. The summed E-state index contributed by atoms with van der Waals surface area (Å²) >= 11 is 0. The Morgan fingerprint density at radius 2 is 2.10 bits per heavy atom. The molecule has 0 radical (unpaired) electrons. The van der Waals surface area contributed by atoms with E-state index in [9.17, 15) is 4.79 Å². The van der Waals surface area contributed by atoms with Gasteiger partial charge in [0.05, 0.1) is 17.1 Å². The second-order valence-corrected chi connectivity index (χ2v) is 4.45. The van der Waals surface area contributed by atoms with Crippen LogP contribution in [0.2, 0.25) is 0 Å². The van der Waals surface area contributed by atoms with Gasteiger partial charge in [-0.3, -0.25) is 4.79 Å². The Morgan fingerprint density at radius 1 is 1.29 bits per heavy atom. The highest BCUT2D eigenvalue weighted by Crippen LogP contribution is 2.12. The summed E-state index contributed by atoms with van der Waals surface area (Å²) in [5.41, 5.74) is 1.59. The van der Waals surface area contributed by atoms with Crippen molar-refractivity contribution in [2.75, 3.05) is 0 Å². The minimum Gasteiger partial charge on any atom is -0.424 e. The average molecular weight is 281 g/mol. The number of nitrogens with zero attached hydrogens (tertiary/aromatic N) is 4. The number of benzene rings is 1. The van der Waals surface area contributed by atoms with Gasteiger partial charge in [0.25, 0.3) is 0 Å². The third-order valence-electron chi connectivity index (χ3n) is 2.96. The lowest BCUT2D eigenvalue weighted by Gasteiger charge is -1.93. The van der Waals surface area contributed by atoms with Crippen LogP contribution in [0, 0.1) is 11.3 Å². The number of carbonyl (C=O) groups excluding carboxylic acids is 1. The molecule has 0 aliphatic carbocycles. The van der Waals surface area contributed by atoms with Crippen LogP contribution in [0.3, 0.4) is 0 Å². The third-order valence-corrected chi connectivity index (χ3v) is 2.96. The number of hydrogen-bond donors (Lipinski definition) is 1. The minimum absolute atomic E-state index is 0.0739. The molecule has 1 aromatic carbocycles. The number of imidazole rings is 1. The van der Waals surface area contributed by atoms with E-state index in [2.05, 4.69) is 20.2 Å². The SMILES string of the molecule is N#CCc1nnc(CCC(=O)c2nc3ccccc3[nH]2)o1. The fourth-order valence-electron chi connectivity index (χ4n) is 1.95. The third kappa shape index (κ3) is 2.79. The maximum atomic E-state index is 12.1. The molecule has 0 fully saturated rings. The quantitative estimate of drug-likeness (QED) is 0.714. The smallest absolute Gasteiger partial charge is 0.230 e. The fourth-order valence-corrected chi connectivity index (χ4v) is 1.95. The Kier molecular flexibility index (Phi) is 3.43. The predicted octanol–water partition coefficient (Wildman–Crippen LogP) is 1.83. The Balaban J connectivity index is 1.67. The lowest BCUT2D eigenvalue weighted by Crippen LogP contribution is -2.03. The average Bonchev–Trinajstić information content (AvgIpc) is 3.11. The number of carbonyl (C=O) groups is 1. The van der Waals surface area contributed by atoms with Crippen LogP contribution in [0.5, 0.6) is 0 Å². The first-order valence-electron chi connectivity index (χ1n) is 6.42. The normalized spacial score (nSPS) is 10.6. The van der Waals surface area contributed by atoms with Gasteiger partial charge in [0.1, 0.15) is 6.42 Å². The molecule has 2 aromatic heterocycles. The van der Waals surface area contributed by atoms with Gasteiger partial charge in [-0.15, -0.1) is 10.2 Å². The lowest BCUT2D eigenvalue weighted by molar-refractivity contribution is 0.0971. The van der Waals surface area contributed by atoms with Crippen molar-refractivity contribution < 1.29 is 9.21 Å². The fraction of sp³-hybridized carbons (Fsp3) is 0.214. The molecule has 21 heavy (non-hydrogen) atoms. The van der Waals surface area contributed by atoms with Crippen LogP contribution in [-0.4, -0.2) is 25.9 Å². The van der Waals surface area contributed by atoms with Crippen molar-refractivity contribution in [2.45, 2.75) is 19.3 Å². The Morgan fingerprint density at radius 3 is 2.90 bits per heavy atom. The molecule has 2 heterocycles. The standard InChI is InChI=1S/C14H11N5O2/c15-8-7-13-19-18-12(21-13)6-5-11(20)14-16-9-3-1-2-4-10(9)17-14/h1-4H,5-7H2,(H,16,17). The van der Waals surface area contributed by atoms with E-state index in [0.717, 1.165) is 11.0 Å². The van der Waals surface area contributed by atoms with Gasteiger partial charge >= 0.3 is 0 Å². The molecule has 104 valence electrons. The van der Waals surface area contributed by atoms with Gasteiger partial charge in [-0.2, -0.15) is 5.26 Å². The second-order valence-electron chi connectivity index (χ2n) is 4.45. The zero-order chi connectivity index (χ0) is 14.7. The van der Waals surface area contributed by atoms with Crippen LogP contribution in [0.1, 0.15) is 28.8 Å². The van der Waals surface area contributed by atoms with Crippen molar-refractivity contribution in [1.82, 2.24) is 20.2 Å². The highest BCUT2D eigenvalue weighted by atomic mass is 16.4. The molecule has 0 amide bonds. The van der Waals surface area contributed by atoms with Gasteiger partial charge in [-0.1, -0.05) is 12.1 Å². The number of ketones is 1. The summed E-state index contributed by atoms with van der Waals surface area (Å²) in [7, 11) is 0. The van der Waals surface area contributed by atoms with E-state index >= 15 is 0 Å². The first-order valence-corrected chi connectivity index (χ1v) is 6.42. The van der Waals surface area contributed by atoms with Crippen LogP contribution in [0.15, 0.2) is 28.7 Å². The molecule has 7 nitrogen and oxygen atoms in total. The molecular weight excluding hydrogens is 270 g/mol. The van der Waals surface area contributed by atoms with Gasteiger partial charge in [-0.05, 0) is 12.1 Å². The molecule has 0 unspecified atom stereocenters. The van der Waals surface area contributed by atoms with Crippen LogP contribution in [0.4, 0.5) is 0 Å². The number of aromatic amines is 1. The summed E-state index contributed by atoms with van der Waals surface area (Å²) in [6, 6.07) is 9.38. The molecule has 0 bridgehead atoms. The number of aryl methyl sites for hydroxylation is 1.